The maximum Gasteiger partial charge on any atom is 0.333 e. The van der Waals surface area contributed by atoms with Crippen LogP contribution in [0.1, 0.15) is 12.6 Å². The number of aryl methyl sites for hydroxylation is 2. The zero-order valence-corrected chi connectivity index (χ0v) is 8.73. The average molecular weight is 214 g/mol. The van der Waals surface area contributed by atoms with Crippen molar-refractivity contribution in [3.63, 3.8) is 0 Å². The molecule has 0 aromatic carbocycles. The number of aromatic nitrogens is 2. The second kappa shape index (κ2) is 4.74. The standard InChI is InChI=1S/C8H14N4O3/c1-3-11-8(9-4-5-13)7(12(14)15)6(2)10-11/h9,13H,3-5H2,1-2H3. The lowest BCUT2D eigenvalue weighted by molar-refractivity contribution is -0.384. The van der Waals surface area contributed by atoms with Crippen LogP contribution >= 0.6 is 0 Å². The van der Waals surface area contributed by atoms with Crippen LogP contribution in [-0.2, 0) is 6.54 Å². The summed E-state index contributed by atoms with van der Waals surface area (Å²) in [6.07, 6.45) is 0. The van der Waals surface area contributed by atoms with Crippen LogP contribution in [0.2, 0.25) is 0 Å². The highest BCUT2D eigenvalue weighted by Crippen LogP contribution is 2.27. The van der Waals surface area contributed by atoms with Gasteiger partial charge in [0.15, 0.2) is 0 Å². The minimum atomic E-state index is -0.464. The molecule has 2 N–H and O–H groups in total. The Balaban J connectivity index is 3.11. The Morgan fingerprint density at radius 2 is 2.33 bits per heavy atom. The third-order valence-electron chi connectivity index (χ3n) is 1.98. The van der Waals surface area contributed by atoms with Crippen LogP contribution in [0.5, 0.6) is 0 Å². The van der Waals surface area contributed by atoms with E-state index in [0.29, 0.717) is 18.1 Å². The van der Waals surface area contributed by atoms with Crippen molar-refractivity contribution in [3.8, 4) is 0 Å². The number of aliphatic hydroxyl groups excluding tert-OH is 1. The first-order valence-electron chi connectivity index (χ1n) is 4.68. The van der Waals surface area contributed by atoms with Crippen LogP contribution in [0, 0.1) is 17.0 Å². The van der Waals surface area contributed by atoms with Crippen molar-refractivity contribution in [1.29, 1.82) is 0 Å². The van der Waals surface area contributed by atoms with E-state index in [2.05, 4.69) is 10.4 Å². The second-order valence-electron chi connectivity index (χ2n) is 3.01. The van der Waals surface area contributed by atoms with Gasteiger partial charge < -0.3 is 10.4 Å². The first-order chi connectivity index (χ1) is 7.11. The Hall–Kier alpha value is -1.63. The molecule has 15 heavy (non-hydrogen) atoms. The smallest absolute Gasteiger partial charge is 0.333 e. The quantitative estimate of drug-likeness (QED) is 0.550. The summed E-state index contributed by atoms with van der Waals surface area (Å²) in [7, 11) is 0. The Kier molecular flexibility index (Phi) is 3.62. The molecule has 1 heterocycles. The largest absolute Gasteiger partial charge is 0.395 e. The summed E-state index contributed by atoms with van der Waals surface area (Å²) in [5.41, 5.74) is 0.354. The van der Waals surface area contributed by atoms with Crippen LogP contribution in [0.3, 0.4) is 0 Å². The SMILES string of the molecule is CCn1nc(C)c([N+](=O)[O-])c1NCCO. The molecule has 0 aliphatic carbocycles. The number of rotatable bonds is 5. The van der Waals surface area contributed by atoms with E-state index in [1.54, 1.807) is 6.92 Å². The fourth-order valence-corrected chi connectivity index (χ4v) is 1.37. The predicted octanol–water partition coefficient (Wildman–Crippen LogP) is 0.524. The Morgan fingerprint density at radius 3 is 2.80 bits per heavy atom. The van der Waals surface area contributed by atoms with E-state index in [9.17, 15) is 10.1 Å². The van der Waals surface area contributed by atoms with Gasteiger partial charge in [0.05, 0.1) is 11.5 Å². The van der Waals surface area contributed by atoms with Gasteiger partial charge in [0.25, 0.3) is 0 Å². The minimum Gasteiger partial charge on any atom is -0.395 e. The van der Waals surface area contributed by atoms with Crippen LogP contribution < -0.4 is 5.32 Å². The lowest BCUT2D eigenvalue weighted by Crippen LogP contribution is -2.11. The summed E-state index contributed by atoms with van der Waals surface area (Å²) in [6.45, 7) is 4.17. The van der Waals surface area contributed by atoms with Gasteiger partial charge >= 0.3 is 5.69 Å². The predicted molar refractivity (Wildman–Crippen MR) is 54.9 cm³/mol. The van der Waals surface area contributed by atoms with Gasteiger partial charge in [-0.2, -0.15) is 5.10 Å². The van der Waals surface area contributed by atoms with Gasteiger partial charge in [-0.25, -0.2) is 4.68 Å². The van der Waals surface area contributed by atoms with Crippen LogP contribution in [0.15, 0.2) is 0 Å². The average Bonchev–Trinajstić information content (AvgIpc) is 2.51. The van der Waals surface area contributed by atoms with Crippen molar-refractivity contribution in [2.75, 3.05) is 18.5 Å². The number of aliphatic hydroxyl groups is 1. The zero-order chi connectivity index (χ0) is 11.4. The molecular weight excluding hydrogens is 200 g/mol. The van der Waals surface area contributed by atoms with Gasteiger partial charge in [-0.1, -0.05) is 0 Å². The Bertz CT molecular complexity index is 361. The summed E-state index contributed by atoms with van der Waals surface area (Å²) >= 11 is 0. The third kappa shape index (κ3) is 2.24. The summed E-state index contributed by atoms with van der Waals surface area (Å²) in [5, 5.41) is 26.3. The second-order valence-corrected chi connectivity index (χ2v) is 3.01. The molecule has 0 saturated heterocycles. The fraction of sp³-hybridized carbons (Fsp3) is 0.625. The molecule has 0 fully saturated rings. The summed E-state index contributed by atoms with van der Waals surface area (Å²) in [4.78, 5) is 10.3. The van der Waals surface area contributed by atoms with Crippen molar-refractivity contribution < 1.29 is 10.0 Å². The molecule has 1 aromatic rings. The number of nitro groups is 1. The van der Waals surface area contributed by atoms with E-state index in [-0.39, 0.29) is 18.8 Å². The number of anilines is 1. The molecule has 0 aliphatic heterocycles. The van der Waals surface area contributed by atoms with Gasteiger partial charge in [0, 0.05) is 13.1 Å². The molecule has 0 radical (unpaired) electrons. The van der Waals surface area contributed by atoms with E-state index in [1.165, 1.54) is 4.68 Å². The molecule has 84 valence electrons. The summed E-state index contributed by atoms with van der Waals surface area (Å²) < 4.78 is 1.52. The van der Waals surface area contributed by atoms with Gasteiger partial charge in [0.1, 0.15) is 5.69 Å². The van der Waals surface area contributed by atoms with Crippen molar-refractivity contribution in [2.45, 2.75) is 20.4 Å². The molecular formula is C8H14N4O3. The first kappa shape index (κ1) is 11.4. The van der Waals surface area contributed by atoms with Gasteiger partial charge in [-0.05, 0) is 13.8 Å². The first-order valence-corrected chi connectivity index (χ1v) is 4.68. The lowest BCUT2D eigenvalue weighted by Gasteiger charge is -2.05. The maximum atomic E-state index is 10.8. The highest BCUT2D eigenvalue weighted by Gasteiger charge is 2.24. The van der Waals surface area contributed by atoms with Crippen molar-refractivity contribution in [1.82, 2.24) is 9.78 Å². The molecule has 0 unspecified atom stereocenters. The topological polar surface area (TPSA) is 93.2 Å². The van der Waals surface area contributed by atoms with Crippen molar-refractivity contribution >= 4 is 11.5 Å². The van der Waals surface area contributed by atoms with Crippen molar-refractivity contribution in [3.05, 3.63) is 15.8 Å². The molecule has 0 amide bonds. The minimum absolute atomic E-state index is 0.0229. The summed E-state index contributed by atoms with van der Waals surface area (Å²) in [6, 6.07) is 0. The Labute approximate surface area is 86.9 Å². The van der Waals surface area contributed by atoms with E-state index in [4.69, 9.17) is 5.11 Å². The monoisotopic (exact) mass is 214 g/mol. The molecule has 1 aromatic heterocycles. The molecule has 0 atom stereocenters. The molecule has 7 nitrogen and oxygen atoms in total. The lowest BCUT2D eigenvalue weighted by atomic mass is 10.4. The number of hydrogen-bond acceptors (Lipinski definition) is 5. The van der Waals surface area contributed by atoms with E-state index < -0.39 is 4.92 Å². The van der Waals surface area contributed by atoms with Crippen LogP contribution in [0.25, 0.3) is 0 Å². The molecule has 7 heteroatoms. The molecule has 0 aliphatic rings. The number of nitrogens with zero attached hydrogens (tertiary/aromatic N) is 3. The summed E-state index contributed by atoms with van der Waals surface area (Å²) in [5.74, 6) is 0.356. The van der Waals surface area contributed by atoms with Crippen LogP contribution in [0.4, 0.5) is 11.5 Å². The highest BCUT2D eigenvalue weighted by molar-refractivity contribution is 5.59. The van der Waals surface area contributed by atoms with Crippen LogP contribution in [-0.4, -0.2) is 33.0 Å². The number of nitrogens with one attached hydrogen (secondary N) is 1. The molecule has 0 bridgehead atoms. The normalized spacial score (nSPS) is 10.3. The number of hydrogen-bond donors (Lipinski definition) is 2. The van der Waals surface area contributed by atoms with Gasteiger partial charge in [0.2, 0.25) is 5.82 Å². The molecule has 0 spiro atoms. The van der Waals surface area contributed by atoms with Crippen molar-refractivity contribution in [2.24, 2.45) is 0 Å². The Morgan fingerprint density at radius 1 is 1.67 bits per heavy atom. The highest BCUT2D eigenvalue weighted by atomic mass is 16.6. The maximum absolute atomic E-state index is 10.8. The van der Waals surface area contributed by atoms with Gasteiger partial charge in [-0.15, -0.1) is 0 Å². The molecule has 1 rings (SSSR count). The van der Waals surface area contributed by atoms with E-state index in [0.717, 1.165) is 0 Å². The van der Waals surface area contributed by atoms with Gasteiger partial charge in [-0.3, -0.25) is 10.1 Å². The van der Waals surface area contributed by atoms with E-state index in [1.807, 2.05) is 6.92 Å². The third-order valence-corrected chi connectivity index (χ3v) is 1.98. The molecule has 0 saturated carbocycles. The fourth-order valence-electron chi connectivity index (χ4n) is 1.37. The zero-order valence-electron chi connectivity index (χ0n) is 8.73. The van der Waals surface area contributed by atoms with E-state index >= 15 is 0 Å².